The molecule has 4 nitrogen and oxygen atoms in total. The Morgan fingerprint density at radius 1 is 1.14 bits per heavy atom. The molecule has 0 aliphatic carbocycles. The van der Waals surface area contributed by atoms with E-state index in [4.69, 9.17) is 5.11 Å². The lowest BCUT2D eigenvalue weighted by Gasteiger charge is -2.04. The van der Waals surface area contributed by atoms with Gasteiger partial charge in [0.25, 0.3) is 5.70 Å². The van der Waals surface area contributed by atoms with Gasteiger partial charge in [0.1, 0.15) is 0 Å². The summed E-state index contributed by atoms with van der Waals surface area (Å²) in [6, 6.07) is 7.40. The number of benzene rings is 1. The van der Waals surface area contributed by atoms with Crippen LogP contribution in [0.5, 0.6) is 0 Å². The van der Waals surface area contributed by atoms with Gasteiger partial charge in [-0.25, -0.2) is 0 Å². The lowest BCUT2D eigenvalue weighted by Crippen LogP contribution is -1.99. The molecular weight excluding hydrogens is 266 g/mol. The summed E-state index contributed by atoms with van der Waals surface area (Å²) in [5, 5.41) is 19.7. The highest BCUT2D eigenvalue weighted by molar-refractivity contribution is 5.58. The minimum Gasteiger partial charge on any atom is -0.392 e. The van der Waals surface area contributed by atoms with E-state index in [0.29, 0.717) is 5.56 Å². The highest BCUT2D eigenvalue weighted by atomic mass is 16.6. The van der Waals surface area contributed by atoms with Crippen LogP contribution < -0.4 is 0 Å². The molecule has 0 radical (unpaired) electrons. The topological polar surface area (TPSA) is 63.4 Å². The first-order chi connectivity index (χ1) is 10.2. The fourth-order valence-corrected chi connectivity index (χ4v) is 2.34. The van der Waals surface area contributed by atoms with Crippen LogP contribution in [0.15, 0.2) is 30.3 Å². The summed E-state index contributed by atoms with van der Waals surface area (Å²) < 4.78 is 0. The standard InChI is InChI=1S/C17H25NO3/c1-2-3-4-5-6-7-8-15-9-11-16(12-10-15)17(13-14-19)18(20)21/h9-13,19H,2-8,14H2,1H3. The van der Waals surface area contributed by atoms with Crippen molar-refractivity contribution in [2.24, 2.45) is 0 Å². The van der Waals surface area contributed by atoms with E-state index in [2.05, 4.69) is 6.92 Å². The van der Waals surface area contributed by atoms with Gasteiger partial charge in [0.05, 0.1) is 17.1 Å². The van der Waals surface area contributed by atoms with E-state index in [-0.39, 0.29) is 12.3 Å². The fourth-order valence-electron chi connectivity index (χ4n) is 2.34. The van der Waals surface area contributed by atoms with Crippen LogP contribution in [-0.4, -0.2) is 16.6 Å². The monoisotopic (exact) mass is 291 g/mol. The second-order valence-corrected chi connectivity index (χ2v) is 5.24. The number of aliphatic hydroxyl groups is 1. The van der Waals surface area contributed by atoms with E-state index < -0.39 is 4.92 Å². The molecule has 0 fully saturated rings. The largest absolute Gasteiger partial charge is 0.392 e. The Morgan fingerprint density at radius 2 is 1.76 bits per heavy atom. The Kier molecular flexibility index (Phi) is 8.36. The van der Waals surface area contributed by atoms with Crippen molar-refractivity contribution in [3.05, 3.63) is 51.6 Å². The van der Waals surface area contributed by atoms with Gasteiger partial charge in [-0.05, 0) is 30.5 Å². The van der Waals surface area contributed by atoms with Gasteiger partial charge in [0.15, 0.2) is 0 Å². The van der Waals surface area contributed by atoms with Crippen LogP contribution in [0.3, 0.4) is 0 Å². The van der Waals surface area contributed by atoms with Gasteiger partial charge in [-0.3, -0.25) is 10.1 Å². The maximum Gasteiger partial charge on any atom is 0.274 e. The average Bonchev–Trinajstić information content (AvgIpc) is 2.49. The average molecular weight is 291 g/mol. The predicted octanol–water partition coefficient (Wildman–Crippen LogP) is 4.20. The zero-order chi connectivity index (χ0) is 15.5. The molecule has 4 heteroatoms. The first-order valence-corrected chi connectivity index (χ1v) is 7.73. The van der Waals surface area contributed by atoms with Crippen LogP contribution >= 0.6 is 0 Å². The van der Waals surface area contributed by atoms with Crippen molar-refractivity contribution < 1.29 is 10.0 Å². The minimum absolute atomic E-state index is 0.0383. The maximum atomic E-state index is 10.9. The Morgan fingerprint density at radius 3 is 2.33 bits per heavy atom. The van der Waals surface area contributed by atoms with Crippen LogP contribution in [0.4, 0.5) is 0 Å². The molecule has 1 aromatic rings. The van der Waals surface area contributed by atoms with Gasteiger partial charge in [-0.15, -0.1) is 0 Å². The van der Waals surface area contributed by atoms with Gasteiger partial charge in [0, 0.05) is 6.08 Å². The van der Waals surface area contributed by atoms with E-state index in [1.165, 1.54) is 43.7 Å². The van der Waals surface area contributed by atoms with Crippen molar-refractivity contribution in [1.82, 2.24) is 0 Å². The molecule has 0 atom stereocenters. The number of nitro groups is 1. The second-order valence-electron chi connectivity index (χ2n) is 5.24. The van der Waals surface area contributed by atoms with Gasteiger partial charge in [0.2, 0.25) is 0 Å². The predicted molar refractivity (Wildman–Crippen MR) is 85.6 cm³/mol. The summed E-state index contributed by atoms with van der Waals surface area (Å²) >= 11 is 0. The molecule has 116 valence electrons. The van der Waals surface area contributed by atoms with Gasteiger partial charge in [-0.2, -0.15) is 0 Å². The molecular formula is C17H25NO3. The van der Waals surface area contributed by atoms with Gasteiger partial charge < -0.3 is 5.11 Å². The molecule has 0 heterocycles. The first-order valence-electron chi connectivity index (χ1n) is 7.73. The molecule has 1 N–H and O–H groups in total. The summed E-state index contributed by atoms with van der Waals surface area (Å²) in [7, 11) is 0. The molecule has 0 bridgehead atoms. The van der Waals surface area contributed by atoms with Crippen LogP contribution in [0.2, 0.25) is 0 Å². The zero-order valence-electron chi connectivity index (χ0n) is 12.8. The number of aryl methyl sites for hydroxylation is 1. The van der Waals surface area contributed by atoms with Crippen LogP contribution in [0.1, 0.15) is 56.6 Å². The molecule has 0 aliphatic heterocycles. The Labute approximate surface area is 126 Å². The smallest absolute Gasteiger partial charge is 0.274 e. The number of hydrogen-bond acceptors (Lipinski definition) is 3. The van der Waals surface area contributed by atoms with Crippen molar-refractivity contribution in [2.45, 2.75) is 51.9 Å². The Bertz CT molecular complexity index is 452. The molecule has 0 aliphatic rings. The molecule has 0 saturated carbocycles. The normalized spacial score (nSPS) is 11.6. The number of hydrogen-bond donors (Lipinski definition) is 1. The molecule has 0 spiro atoms. The van der Waals surface area contributed by atoms with E-state index in [1.54, 1.807) is 12.1 Å². The van der Waals surface area contributed by atoms with E-state index >= 15 is 0 Å². The summed E-state index contributed by atoms with van der Waals surface area (Å²) in [6.07, 6.45) is 9.83. The number of aliphatic hydroxyl groups excluding tert-OH is 1. The van der Waals surface area contributed by atoms with Crippen molar-refractivity contribution in [2.75, 3.05) is 6.61 Å². The third-order valence-corrected chi connectivity index (χ3v) is 3.55. The highest BCUT2D eigenvalue weighted by Gasteiger charge is 2.12. The van der Waals surface area contributed by atoms with E-state index in [1.807, 2.05) is 12.1 Å². The number of nitrogens with zero attached hydrogens (tertiary/aromatic N) is 1. The Hall–Kier alpha value is -1.68. The van der Waals surface area contributed by atoms with Crippen LogP contribution in [0, 0.1) is 10.1 Å². The molecule has 1 rings (SSSR count). The number of unbranched alkanes of at least 4 members (excludes halogenated alkanes) is 5. The molecule has 1 aromatic carbocycles. The third kappa shape index (κ3) is 6.54. The molecule has 21 heavy (non-hydrogen) atoms. The Balaban J connectivity index is 2.46. The van der Waals surface area contributed by atoms with E-state index in [9.17, 15) is 10.1 Å². The second kappa shape index (κ2) is 10.1. The van der Waals surface area contributed by atoms with Gasteiger partial charge >= 0.3 is 0 Å². The third-order valence-electron chi connectivity index (χ3n) is 3.55. The number of rotatable bonds is 10. The van der Waals surface area contributed by atoms with Crippen molar-refractivity contribution >= 4 is 5.70 Å². The van der Waals surface area contributed by atoms with Crippen molar-refractivity contribution in [3.8, 4) is 0 Å². The summed E-state index contributed by atoms with van der Waals surface area (Å²) in [5.74, 6) is 0. The maximum absolute atomic E-state index is 10.9. The van der Waals surface area contributed by atoms with E-state index in [0.717, 1.165) is 12.8 Å². The van der Waals surface area contributed by atoms with Crippen LogP contribution in [0.25, 0.3) is 5.70 Å². The first kappa shape index (κ1) is 17.4. The lowest BCUT2D eigenvalue weighted by atomic mass is 10.0. The van der Waals surface area contributed by atoms with Crippen molar-refractivity contribution in [3.63, 3.8) is 0 Å². The summed E-state index contributed by atoms with van der Waals surface area (Å²) in [4.78, 5) is 10.4. The summed E-state index contributed by atoms with van der Waals surface area (Å²) in [5.41, 5.74) is 1.71. The SMILES string of the molecule is CCCCCCCCc1ccc(C(=CCO)[N+](=O)[O-])cc1. The van der Waals surface area contributed by atoms with Crippen LogP contribution in [-0.2, 0) is 6.42 Å². The van der Waals surface area contributed by atoms with Crippen molar-refractivity contribution in [1.29, 1.82) is 0 Å². The minimum atomic E-state index is -0.459. The summed E-state index contributed by atoms with van der Waals surface area (Å²) in [6.45, 7) is 1.89. The molecule has 0 saturated heterocycles. The van der Waals surface area contributed by atoms with Gasteiger partial charge in [-0.1, -0.05) is 51.2 Å². The fraction of sp³-hybridized carbons (Fsp3) is 0.529. The highest BCUT2D eigenvalue weighted by Crippen LogP contribution is 2.17. The zero-order valence-corrected chi connectivity index (χ0v) is 12.8. The lowest BCUT2D eigenvalue weighted by molar-refractivity contribution is -0.375. The molecule has 0 amide bonds. The molecule has 0 aromatic heterocycles. The molecule has 0 unspecified atom stereocenters. The quantitative estimate of drug-likeness (QED) is 0.399.